The molecule has 0 aromatic carbocycles. The molecule has 2 aliphatic rings. The zero-order chi connectivity index (χ0) is 12.1. The molecule has 4 nitrogen and oxygen atoms in total. The molecule has 0 unspecified atom stereocenters. The van der Waals surface area contributed by atoms with E-state index in [-0.39, 0.29) is 17.6 Å². The molecule has 2 rings (SSSR count). The molecular formula is C13H24N2O2. The fourth-order valence-corrected chi connectivity index (χ4v) is 2.94. The highest BCUT2D eigenvalue weighted by Crippen LogP contribution is 2.28. The van der Waals surface area contributed by atoms with Crippen molar-refractivity contribution in [2.75, 3.05) is 0 Å². The fourth-order valence-electron chi connectivity index (χ4n) is 2.94. The lowest BCUT2D eigenvalue weighted by molar-refractivity contribution is -0.139. The van der Waals surface area contributed by atoms with Gasteiger partial charge in [0.1, 0.15) is 0 Å². The predicted octanol–water partition coefficient (Wildman–Crippen LogP) is 2.03. The van der Waals surface area contributed by atoms with Crippen molar-refractivity contribution in [3.05, 3.63) is 0 Å². The van der Waals surface area contributed by atoms with Crippen molar-refractivity contribution in [2.24, 2.45) is 5.73 Å². The lowest BCUT2D eigenvalue weighted by Crippen LogP contribution is -2.46. The van der Waals surface area contributed by atoms with Gasteiger partial charge in [-0.25, -0.2) is 5.48 Å². The summed E-state index contributed by atoms with van der Waals surface area (Å²) in [6.07, 6.45) is 10.6. The molecule has 1 amide bonds. The van der Waals surface area contributed by atoms with Crippen LogP contribution in [0, 0.1) is 0 Å². The monoisotopic (exact) mass is 240 g/mol. The van der Waals surface area contributed by atoms with Crippen molar-refractivity contribution in [2.45, 2.75) is 75.9 Å². The van der Waals surface area contributed by atoms with E-state index in [9.17, 15) is 4.79 Å². The normalized spacial score (nSPS) is 24.8. The molecule has 98 valence electrons. The van der Waals surface area contributed by atoms with Gasteiger partial charge in [-0.05, 0) is 25.7 Å². The van der Waals surface area contributed by atoms with Gasteiger partial charge in [0.2, 0.25) is 5.91 Å². The topological polar surface area (TPSA) is 64.4 Å². The highest BCUT2D eigenvalue weighted by atomic mass is 16.7. The number of carbonyl (C=O) groups is 1. The summed E-state index contributed by atoms with van der Waals surface area (Å²) < 4.78 is 0. The van der Waals surface area contributed by atoms with Crippen LogP contribution in [-0.4, -0.2) is 17.6 Å². The second-order valence-corrected chi connectivity index (χ2v) is 5.65. The summed E-state index contributed by atoms with van der Waals surface area (Å²) in [5.74, 6) is -0.0544. The highest BCUT2D eigenvalue weighted by Gasteiger charge is 2.30. The van der Waals surface area contributed by atoms with Crippen LogP contribution in [0.5, 0.6) is 0 Å². The maximum absolute atomic E-state index is 11.8. The molecule has 4 heteroatoms. The molecule has 0 aromatic heterocycles. The van der Waals surface area contributed by atoms with Gasteiger partial charge in [-0.3, -0.25) is 9.63 Å². The lowest BCUT2D eigenvalue weighted by atomic mass is 9.80. The van der Waals surface area contributed by atoms with Crippen LogP contribution in [0.1, 0.15) is 64.2 Å². The summed E-state index contributed by atoms with van der Waals surface area (Å²) >= 11 is 0. The standard InChI is InChI=1S/C13H24N2O2/c14-13(8-4-1-5-9-13)10-12(16)15-17-11-6-2-3-7-11/h11H,1-10,14H2,(H,15,16). The molecule has 2 fully saturated rings. The number of hydrogen-bond acceptors (Lipinski definition) is 3. The summed E-state index contributed by atoms with van der Waals surface area (Å²) in [5.41, 5.74) is 8.52. The van der Waals surface area contributed by atoms with Crippen molar-refractivity contribution in [3.8, 4) is 0 Å². The number of nitrogens with two attached hydrogens (primary N) is 1. The number of carbonyl (C=O) groups excluding carboxylic acids is 1. The minimum atomic E-state index is -0.290. The van der Waals surface area contributed by atoms with Gasteiger partial charge in [-0.1, -0.05) is 32.1 Å². The summed E-state index contributed by atoms with van der Waals surface area (Å²) in [4.78, 5) is 17.2. The van der Waals surface area contributed by atoms with Gasteiger partial charge in [0, 0.05) is 12.0 Å². The Morgan fingerprint density at radius 1 is 1.18 bits per heavy atom. The van der Waals surface area contributed by atoms with Crippen LogP contribution in [0.25, 0.3) is 0 Å². The van der Waals surface area contributed by atoms with Crippen molar-refractivity contribution in [1.82, 2.24) is 5.48 Å². The van der Waals surface area contributed by atoms with E-state index < -0.39 is 0 Å². The van der Waals surface area contributed by atoms with E-state index in [1.807, 2.05) is 0 Å². The van der Waals surface area contributed by atoms with E-state index >= 15 is 0 Å². The van der Waals surface area contributed by atoms with E-state index in [0.29, 0.717) is 6.42 Å². The van der Waals surface area contributed by atoms with Crippen LogP contribution in [0.4, 0.5) is 0 Å². The molecule has 0 saturated heterocycles. The van der Waals surface area contributed by atoms with Gasteiger partial charge in [0.15, 0.2) is 0 Å². The largest absolute Gasteiger partial charge is 0.325 e. The Kier molecular flexibility index (Phi) is 4.40. The molecule has 0 bridgehead atoms. The summed E-state index contributed by atoms with van der Waals surface area (Å²) in [5, 5.41) is 0. The second-order valence-electron chi connectivity index (χ2n) is 5.65. The van der Waals surface area contributed by atoms with Gasteiger partial charge in [0.25, 0.3) is 0 Å². The third kappa shape index (κ3) is 3.96. The van der Waals surface area contributed by atoms with Gasteiger partial charge < -0.3 is 5.73 Å². The molecule has 0 heterocycles. The van der Waals surface area contributed by atoms with E-state index in [1.54, 1.807) is 0 Å². The molecule has 2 saturated carbocycles. The first-order valence-corrected chi connectivity index (χ1v) is 6.91. The van der Waals surface area contributed by atoms with E-state index in [0.717, 1.165) is 38.5 Å². The van der Waals surface area contributed by atoms with Crippen molar-refractivity contribution >= 4 is 5.91 Å². The third-order valence-electron chi connectivity index (χ3n) is 4.00. The number of hydroxylamine groups is 1. The Balaban J connectivity index is 1.68. The summed E-state index contributed by atoms with van der Waals surface area (Å²) in [6.45, 7) is 0. The molecule has 0 aliphatic heterocycles. The van der Waals surface area contributed by atoms with Gasteiger partial charge >= 0.3 is 0 Å². The van der Waals surface area contributed by atoms with Crippen LogP contribution < -0.4 is 11.2 Å². The first-order chi connectivity index (χ1) is 8.18. The molecule has 17 heavy (non-hydrogen) atoms. The molecule has 2 aliphatic carbocycles. The quantitative estimate of drug-likeness (QED) is 0.739. The van der Waals surface area contributed by atoms with Gasteiger partial charge in [-0.15, -0.1) is 0 Å². The Bertz CT molecular complexity index is 256. The highest BCUT2D eigenvalue weighted by molar-refractivity contribution is 5.76. The molecule has 0 atom stereocenters. The number of amides is 1. The van der Waals surface area contributed by atoms with Crippen LogP contribution in [-0.2, 0) is 9.63 Å². The number of rotatable bonds is 4. The minimum absolute atomic E-state index is 0.0544. The Hall–Kier alpha value is -0.610. The van der Waals surface area contributed by atoms with Crippen molar-refractivity contribution in [3.63, 3.8) is 0 Å². The SMILES string of the molecule is NC1(CC(=O)NOC2CCCC2)CCCCC1. The fraction of sp³-hybridized carbons (Fsp3) is 0.923. The smallest absolute Gasteiger partial charge is 0.245 e. The third-order valence-corrected chi connectivity index (χ3v) is 4.00. The van der Waals surface area contributed by atoms with Gasteiger partial charge in [-0.2, -0.15) is 0 Å². The van der Waals surface area contributed by atoms with Crippen molar-refractivity contribution in [1.29, 1.82) is 0 Å². The second kappa shape index (κ2) is 5.83. The van der Waals surface area contributed by atoms with Gasteiger partial charge in [0.05, 0.1) is 6.10 Å². The Labute approximate surface area is 103 Å². The summed E-state index contributed by atoms with van der Waals surface area (Å²) in [7, 11) is 0. The average Bonchev–Trinajstić information content (AvgIpc) is 2.79. The molecule has 3 N–H and O–H groups in total. The first kappa shape index (κ1) is 12.8. The van der Waals surface area contributed by atoms with Crippen LogP contribution in [0.2, 0.25) is 0 Å². The Morgan fingerprint density at radius 2 is 1.82 bits per heavy atom. The van der Waals surface area contributed by atoms with Crippen LogP contribution >= 0.6 is 0 Å². The zero-order valence-electron chi connectivity index (χ0n) is 10.5. The molecular weight excluding hydrogens is 216 g/mol. The summed E-state index contributed by atoms with van der Waals surface area (Å²) in [6, 6.07) is 0. The predicted molar refractivity (Wildman–Crippen MR) is 66.1 cm³/mol. The van der Waals surface area contributed by atoms with E-state index in [4.69, 9.17) is 10.6 Å². The lowest BCUT2D eigenvalue weighted by Gasteiger charge is -2.32. The number of hydrogen-bond donors (Lipinski definition) is 2. The molecule has 0 radical (unpaired) electrons. The van der Waals surface area contributed by atoms with Crippen molar-refractivity contribution < 1.29 is 9.63 Å². The first-order valence-electron chi connectivity index (χ1n) is 6.91. The average molecular weight is 240 g/mol. The van der Waals surface area contributed by atoms with Crippen LogP contribution in [0.15, 0.2) is 0 Å². The van der Waals surface area contributed by atoms with E-state index in [2.05, 4.69) is 5.48 Å². The van der Waals surface area contributed by atoms with Crippen LogP contribution in [0.3, 0.4) is 0 Å². The molecule has 0 spiro atoms. The molecule has 0 aromatic rings. The Morgan fingerprint density at radius 3 is 2.47 bits per heavy atom. The zero-order valence-corrected chi connectivity index (χ0v) is 10.5. The number of nitrogens with one attached hydrogen (secondary N) is 1. The maximum atomic E-state index is 11.8. The minimum Gasteiger partial charge on any atom is -0.325 e. The van der Waals surface area contributed by atoms with E-state index in [1.165, 1.54) is 19.3 Å². The maximum Gasteiger partial charge on any atom is 0.245 e.